The molecule has 6 nitrogen and oxygen atoms in total. The van der Waals surface area contributed by atoms with E-state index < -0.39 is 0 Å². The lowest BCUT2D eigenvalue weighted by Gasteiger charge is -2.35. The van der Waals surface area contributed by atoms with Gasteiger partial charge in [-0.15, -0.1) is 0 Å². The first kappa shape index (κ1) is 22.7. The van der Waals surface area contributed by atoms with Crippen LogP contribution in [-0.4, -0.2) is 47.0 Å². The Morgan fingerprint density at radius 3 is 2.27 bits per heavy atom. The predicted molar refractivity (Wildman–Crippen MR) is 128 cm³/mol. The van der Waals surface area contributed by atoms with Gasteiger partial charge in [0, 0.05) is 30.8 Å². The van der Waals surface area contributed by atoms with E-state index in [1.54, 1.807) is 0 Å². The first-order valence-corrected chi connectivity index (χ1v) is 11.3. The molecule has 2 unspecified atom stereocenters. The maximum atomic E-state index is 12.8. The summed E-state index contributed by atoms with van der Waals surface area (Å²) >= 11 is 0. The minimum atomic E-state index is -0.170. The number of benzene rings is 2. The molecule has 2 amide bonds. The minimum absolute atomic E-state index is 0.00721. The second-order valence-corrected chi connectivity index (χ2v) is 8.54. The van der Waals surface area contributed by atoms with Crippen molar-refractivity contribution < 1.29 is 14.3 Å². The molecular formula is C27H29N3O3. The van der Waals surface area contributed by atoms with Gasteiger partial charge < -0.3 is 15.0 Å². The highest BCUT2D eigenvalue weighted by Crippen LogP contribution is 2.19. The summed E-state index contributed by atoms with van der Waals surface area (Å²) in [7, 11) is 0. The van der Waals surface area contributed by atoms with E-state index in [1.807, 2.05) is 92.4 Å². The van der Waals surface area contributed by atoms with E-state index in [0.29, 0.717) is 36.5 Å². The van der Waals surface area contributed by atoms with Gasteiger partial charge in [-0.2, -0.15) is 0 Å². The third-order valence-electron chi connectivity index (χ3n) is 5.76. The number of morpholine rings is 1. The second kappa shape index (κ2) is 9.96. The van der Waals surface area contributed by atoms with Crippen molar-refractivity contribution in [3.8, 4) is 11.3 Å². The maximum Gasteiger partial charge on any atom is 0.254 e. The first-order valence-electron chi connectivity index (χ1n) is 11.3. The molecule has 1 fully saturated rings. The Hall–Kier alpha value is -3.51. The molecule has 2 atom stereocenters. The third kappa shape index (κ3) is 5.46. The highest BCUT2D eigenvalue weighted by atomic mass is 16.5. The van der Waals surface area contributed by atoms with Gasteiger partial charge in [0.1, 0.15) is 0 Å². The van der Waals surface area contributed by atoms with Crippen molar-refractivity contribution in [3.63, 3.8) is 0 Å². The number of pyridine rings is 1. The number of nitrogens with zero attached hydrogens (tertiary/aromatic N) is 2. The molecule has 0 spiro atoms. The van der Waals surface area contributed by atoms with Crippen LogP contribution in [0.2, 0.25) is 0 Å². The van der Waals surface area contributed by atoms with Crippen LogP contribution < -0.4 is 5.32 Å². The van der Waals surface area contributed by atoms with Gasteiger partial charge in [0.2, 0.25) is 0 Å². The molecule has 0 bridgehead atoms. The standard InChI is InChI=1S/C27H29N3O3/c1-18-16-30(17-19(2)33-18)27(32)23-11-9-21(10-12-23)15-28-26(31)24-13-14-25(29-20(24)3)22-7-5-4-6-8-22/h4-14,18-19H,15-17H2,1-3H3,(H,28,31). The number of nitrogens with one attached hydrogen (secondary N) is 1. The van der Waals surface area contributed by atoms with E-state index in [-0.39, 0.29) is 24.0 Å². The van der Waals surface area contributed by atoms with Crippen LogP contribution in [0.4, 0.5) is 0 Å². The second-order valence-electron chi connectivity index (χ2n) is 8.54. The zero-order valence-corrected chi connectivity index (χ0v) is 19.2. The van der Waals surface area contributed by atoms with Crippen LogP contribution in [0, 0.1) is 6.92 Å². The van der Waals surface area contributed by atoms with Gasteiger partial charge in [0.25, 0.3) is 11.8 Å². The van der Waals surface area contributed by atoms with Crippen molar-refractivity contribution in [2.24, 2.45) is 0 Å². The molecule has 4 rings (SSSR count). The number of hydrogen-bond donors (Lipinski definition) is 1. The Bertz CT molecular complexity index is 1120. The minimum Gasteiger partial charge on any atom is -0.372 e. The first-order chi connectivity index (χ1) is 15.9. The van der Waals surface area contributed by atoms with Crippen LogP contribution in [0.25, 0.3) is 11.3 Å². The van der Waals surface area contributed by atoms with Gasteiger partial charge in [0.15, 0.2) is 0 Å². The molecule has 1 aromatic heterocycles. The van der Waals surface area contributed by atoms with Crippen LogP contribution >= 0.6 is 0 Å². The topological polar surface area (TPSA) is 71.5 Å². The molecule has 0 aliphatic carbocycles. The Labute approximate surface area is 194 Å². The molecule has 2 aromatic carbocycles. The fraction of sp³-hybridized carbons (Fsp3) is 0.296. The Balaban J connectivity index is 1.36. The number of carbonyl (C=O) groups is 2. The van der Waals surface area contributed by atoms with Gasteiger partial charge in [-0.05, 0) is 50.6 Å². The number of amides is 2. The fourth-order valence-electron chi connectivity index (χ4n) is 4.14. The molecule has 2 heterocycles. The summed E-state index contributed by atoms with van der Waals surface area (Å²) < 4.78 is 5.71. The maximum absolute atomic E-state index is 12.8. The van der Waals surface area contributed by atoms with Crippen molar-refractivity contribution >= 4 is 11.8 Å². The van der Waals surface area contributed by atoms with E-state index >= 15 is 0 Å². The molecule has 1 aliphatic rings. The number of aryl methyl sites for hydroxylation is 1. The summed E-state index contributed by atoms with van der Waals surface area (Å²) in [6.07, 6.45) is 0.0683. The third-order valence-corrected chi connectivity index (χ3v) is 5.76. The smallest absolute Gasteiger partial charge is 0.254 e. The van der Waals surface area contributed by atoms with Gasteiger partial charge in [-0.3, -0.25) is 14.6 Å². The van der Waals surface area contributed by atoms with Crippen molar-refractivity contribution in [1.82, 2.24) is 15.2 Å². The summed E-state index contributed by atoms with van der Waals surface area (Å²) in [5, 5.41) is 2.95. The average molecular weight is 444 g/mol. The zero-order chi connectivity index (χ0) is 23.4. The lowest BCUT2D eigenvalue weighted by Crippen LogP contribution is -2.48. The Morgan fingerprint density at radius 2 is 1.64 bits per heavy atom. The summed E-state index contributed by atoms with van der Waals surface area (Å²) in [5.41, 5.74) is 4.66. The summed E-state index contributed by atoms with van der Waals surface area (Å²) in [5.74, 6) is -0.163. The molecule has 6 heteroatoms. The largest absolute Gasteiger partial charge is 0.372 e. The molecule has 1 aliphatic heterocycles. The van der Waals surface area contributed by atoms with Crippen LogP contribution in [0.5, 0.6) is 0 Å². The Morgan fingerprint density at radius 1 is 0.970 bits per heavy atom. The molecule has 1 N–H and O–H groups in total. The summed E-state index contributed by atoms with van der Waals surface area (Å²) in [6.45, 7) is 7.37. The van der Waals surface area contributed by atoms with E-state index in [9.17, 15) is 9.59 Å². The molecule has 0 saturated carbocycles. The number of carbonyl (C=O) groups excluding carboxylic acids is 2. The van der Waals surface area contributed by atoms with Crippen molar-refractivity contribution in [2.45, 2.75) is 39.5 Å². The zero-order valence-electron chi connectivity index (χ0n) is 19.2. The predicted octanol–water partition coefficient (Wildman–Crippen LogP) is 4.24. The molecule has 33 heavy (non-hydrogen) atoms. The summed E-state index contributed by atoms with van der Waals surface area (Å²) in [4.78, 5) is 32.0. The Kier molecular flexibility index (Phi) is 6.84. The van der Waals surface area contributed by atoms with E-state index in [2.05, 4.69) is 10.3 Å². The van der Waals surface area contributed by atoms with Gasteiger partial charge in [0.05, 0.1) is 29.2 Å². The van der Waals surface area contributed by atoms with Crippen LogP contribution in [-0.2, 0) is 11.3 Å². The molecule has 170 valence electrons. The van der Waals surface area contributed by atoms with E-state index in [0.717, 1.165) is 16.8 Å². The molecule has 0 radical (unpaired) electrons. The van der Waals surface area contributed by atoms with Gasteiger partial charge >= 0.3 is 0 Å². The molecule has 1 saturated heterocycles. The quantitative estimate of drug-likeness (QED) is 0.640. The summed E-state index contributed by atoms with van der Waals surface area (Å²) in [6, 6.07) is 21.0. The monoisotopic (exact) mass is 443 g/mol. The number of hydrogen-bond acceptors (Lipinski definition) is 4. The lowest BCUT2D eigenvalue weighted by molar-refractivity contribution is -0.0586. The SMILES string of the molecule is Cc1nc(-c2ccccc2)ccc1C(=O)NCc1ccc(C(=O)N2CC(C)OC(C)C2)cc1. The van der Waals surface area contributed by atoms with Crippen LogP contribution in [0.1, 0.15) is 45.8 Å². The number of ether oxygens (including phenoxy) is 1. The van der Waals surface area contributed by atoms with E-state index in [4.69, 9.17) is 4.74 Å². The molecule has 3 aromatic rings. The van der Waals surface area contributed by atoms with Crippen molar-refractivity contribution in [1.29, 1.82) is 0 Å². The lowest BCUT2D eigenvalue weighted by atomic mass is 10.1. The number of rotatable bonds is 5. The van der Waals surface area contributed by atoms with Crippen molar-refractivity contribution in [2.75, 3.05) is 13.1 Å². The molecular weight excluding hydrogens is 414 g/mol. The highest BCUT2D eigenvalue weighted by molar-refractivity contribution is 5.96. The van der Waals surface area contributed by atoms with Gasteiger partial charge in [-0.25, -0.2) is 0 Å². The fourth-order valence-corrected chi connectivity index (χ4v) is 4.14. The highest BCUT2D eigenvalue weighted by Gasteiger charge is 2.26. The van der Waals surface area contributed by atoms with Crippen molar-refractivity contribution in [3.05, 3.63) is 89.1 Å². The van der Waals surface area contributed by atoms with Gasteiger partial charge in [-0.1, -0.05) is 42.5 Å². The normalized spacial score (nSPS) is 18.1. The number of aromatic nitrogens is 1. The van der Waals surface area contributed by atoms with E-state index in [1.165, 1.54) is 0 Å². The van der Waals surface area contributed by atoms with Crippen LogP contribution in [0.3, 0.4) is 0 Å². The average Bonchev–Trinajstić information content (AvgIpc) is 2.82. The van der Waals surface area contributed by atoms with Crippen LogP contribution in [0.15, 0.2) is 66.7 Å².